The Morgan fingerprint density at radius 3 is 2.65 bits per heavy atom. The van der Waals surface area contributed by atoms with Crippen LogP contribution in [0.2, 0.25) is 0 Å². The maximum absolute atomic E-state index is 12.5. The van der Waals surface area contributed by atoms with Crippen molar-refractivity contribution in [3.05, 3.63) is 47.3 Å². The van der Waals surface area contributed by atoms with E-state index in [0.717, 1.165) is 25.7 Å². The van der Waals surface area contributed by atoms with E-state index in [1.807, 2.05) is 0 Å². The fourth-order valence-electron chi connectivity index (χ4n) is 3.61. The molecule has 0 radical (unpaired) electrons. The van der Waals surface area contributed by atoms with Crippen LogP contribution in [0.4, 0.5) is 0 Å². The Morgan fingerprint density at radius 1 is 1.32 bits per heavy atom. The Morgan fingerprint density at radius 2 is 2.00 bits per heavy atom. The smallest absolute Gasteiger partial charge is 0.395 e. The van der Waals surface area contributed by atoms with Crippen molar-refractivity contribution in [2.75, 3.05) is 0 Å². The molecule has 1 aliphatic carbocycles. The van der Waals surface area contributed by atoms with Crippen LogP contribution in [0.25, 0.3) is 0 Å². The number of nitrogens with zero attached hydrogens (tertiary/aromatic N) is 2. The van der Waals surface area contributed by atoms with Gasteiger partial charge >= 0.3 is 14.1 Å². The van der Waals surface area contributed by atoms with Gasteiger partial charge in [-0.05, 0) is 37.8 Å². The summed E-state index contributed by atoms with van der Waals surface area (Å²) in [6.45, 7) is 1.22. The van der Waals surface area contributed by atoms with E-state index in [1.54, 1.807) is 31.2 Å². The lowest BCUT2D eigenvalue weighted by atomic mass is 9.99. The molecule has 1 heterocycles. The molecule has 166 valence electrons. The number of ether oxygens (including phenoxy) is 1. The van der Waals surface area contributed by atoms with Gasteiger partial charge in [-0.1, -0.05) is 29.7 Å². The molecule has 3 rings (SSSR count). The molecule has 1 aliphatic rings. The summed E-state index contributed by atoms with van der Waals surface area (Å²) in [6, 6.07) is 5.44. The average molecular weight is 448 g/mol. The minimum absolute atomic E-state index is 0.0230. The molecule has 0 amide bonds. The van der Waals surface area contributed by atoms with Crippen LogP contribution in [0.5, 0.6) is 17.2 Å². The van der Waals surface area contributed by atoms with Gasteiger partial charge in [0, 0.05) is 17.3 Å². The molecule has 1 saturated carbocycles. The first kappa shape index (κ1) is 22.9. The van der Waals surface area contributed by atoms with E-state index in [0.29, 0.717) is 16.8 Å². The Bertz CT molecular complexity index is 961. The van der Waals surface area contributed by atoms with Gasteiger partial charge in [0.25, 0.3) is 0 Å². The molecule has 1 aromatic carbocycles. The second kappa shape index (κ2) is 10.5. The number of aliphatic carboxylic acids is 1. The molecule has 0 spiro atoms. The summed E-state index contributed by atoms with van der Waals surface area (Å²) in [4.78, 5) is 28.1. The number of aliphatic hydroxyl groups excluding tert-OH is 1. The maximum Gasteiger partial charge on any atom is 0.395 e. The predicted octanol–water partition coefficient (Wildman–Crippen LogP) is 3.04. The fraction of sp³-hybridized carbons (Fsp3) is 0.429. The topological polar surface area (TPSA) is 145 Å². The Labute approximate surface area is 180 Å². The average Bonchev–Trinajstić information content (AvgIpc) is 3.28. The molecule has 0 bridgehead atoms. The molecule has 1 aromatic heterocycles. The fourth-order valence-corrected chi connectivity index (χ4v) is 4.47. The number of aryl methyl sites for hydroxylation is 1. The third-order valence-corrected chi connectivity index (χ3v) is 6.11. The standard InChI is InChI=1S/C21H25N2O7P/c1-13-20(25)16(11-24)15(10-22-13)12-29-17-8-4-5-9-18(17)30-31(28)23-19(21(26)27)14-6-2-3-7-14/h4-5,8-10,14,19,24-25H,2-3,6-7,11-12H2,1H3,(H,26,27). The number of rotatable bonds is 9. The van der Waals surface area contributed by atoms with Crippen molar-refractivity contribution in [1.29, 1.82) is 0 Å². The van der Waals surface area contributed by atoms with Gasteiger partial charge in [0.05, 0.1) is 12.3 Å². The van der Waals surface area contributed by atoms with E-state index in [4.69, 9.17) is 9.26 Å². The summed E-state index contributed by atoms with van der Waals surface area (Å²) in [5, 5.41) is 29.1. The lowest BCUT2D eigenvalue weighted by Gasteiger charge is -2.14. The van der Waals surface area contributed by atoms with E-state index in [1.165, 1.54) is 6.20 Å². The lowest BCUT2D eigenvalue weighted by Crippen LogP contribution is -2.26. The normalized spacial score (nSPS) is 15.6. The van der Waals surface area contributed by atoms with E-state index < -0.39 is 20.2 Å². The summed E-state index contributed by atoms with van der Waals surface area (Å²) in [5.74, 6) is -0.922. The lowest BCUT2D eigenvalue weighted by molar-refractivity contribution is -0.169. The third-order valence-electron chi connectivity index (χ3n) is 5.32. The summed E-state index contributed by atoms with van der Waals surface area (Å²) >= 11 is 0. The summed E-state index contributed by atoms with van der Waals surface area (Å²) in [5.41, 5.74) is 1.19. The van der Waals surface area contributed by atoms with Gasteiger partial charge in [0.2, 0.25) is 5.75 Å². The van der Waals surface area contributed by atoms with Gasteiger partial charge in [-0.2, -0.15) is 0 Å². The summed E-state index contributed by atoms with van der Waals surface area (Å²) < 4.78 is 15.1. The van der Waals surface area contributed by atoms with Crippen molar-refractivity contribution in [1.82, 2.24) is 4.98 Å². The number of carbonyl (C=O) groups is 1. The molecular formula is C21H25N2O7P. The van der Waals surface area contributed by atoms with Gasteiger partial charge in [-0.3, -0.25) is 9.51 Å². The van der Waals surface area contributed by atoms with Crippen molar-refractivity contribution >= 4 is 14.1 Å². The number of aliphatic hydroxyl groups is 1. The predicted molar refractivity (Wildman–Crippen MR) is 111 cm³/mol. The number of benzene rings is 1. The van der Waals surface area contributed by atoms with Crippen molar-refractivity contribution in [3.8, 4) is 17.2 Å². The van der Waals surface area contributed by atoms with Crippen molar-refractivity contribution < 1.29 is 34.3 Å². The molecule has 2 atom stereocenters. The zero-order valence-electron chi connectivity index (χ0n) is 17.1. The highest BCUT2D eigenvalue weighted by Crippen LogP contribution is 2.36. The minimum atomic E-state index is -2.62. The van der Waals surface area contributed by atoms with Gasteiger partial charge in [0.1, 0.15) is 12.4 Å². The van der Waals surface area contributed by atoms with Gasteiger partial charge in [0.15, 0.2) is 11.8 Å². The first-order valence-corrected chi connectivity index (χ1v) is 11.1. The molecule has 2 aromatic rings. The van der Waals surface area contributed by atoms with Gasteiger partial charge < -0.3 is 24.9 Å². The highest BCUT2D eigenvalue weighted by Gasteiger charge is 2.33. The van der Waals surface area contributed by atoms with Crippen LogP contribution in [-0.2, 0) is 18.0 Å². The Balaban J connectivity index is 1.75. The molecule has 10 heteroatoms. The number of hydrogen-bond acceptors (Lipinski definition) is 8. The van der Waals surface area contributed by atoms with Crippen LogP contribution in [0, 0.1) is 12.8 Å². The molecule has 0 aliphatic heterocycles. The van der Waals surface area contributed by atoms with E-state index in [9.17, 15) is 25.0 Å². The summed E-state index contributed by atoms with van der Waals surface area (Å²) in [7, 11) is -2.62. The molecule has 3 N–H and O–H groups in total. The first-order valence-electron chi connectivity index (χ1n) is 9.98. The SMILES string of the molecule is Cc1ncc(COc2ccccc2O[P+]([O-])=NC(C(=O)O)C2CCCC2)c(CO)c1O. The number of hydrogen-bond donors (Lipinski definition) is 3. The number of pyridine rings is 1. The van der Waals surface area contributed by atoms with Crippen LogP contribution in [0.1, 0.15) is 42.5 Å². The first-order chi connectivity index (χ1) is 14.9. The number of carboxylic acid groups (broad SMARTS) is 1. The molecule has 1 fully saturated rings. The van der Waals surface area contributed by atoms with Crippen LogP contribution in [0.15, 0.2) is 35.2 Å². The van der Waals surface area contributed by atoms with E-state index in [2.05, 4.69) is 9.73 Å². The highest BCUT2D eigenvalue weighted by atomic mass is 31.1. The summed E-state index contributed by atoms with van der Waals surface area (Å²) in [6.07, 6.45) is 4.87. The molecule has 0 saturated heterocycles. The zero-order chi connectivity index (χ0) is 22.4. The zero-order valence-corrected chi connectivity index (χ0v) is 18.0. The largest absolute Gasteiger partial charge is 0.575 e. The molecule has 2 unspecified atom stereocenters. The van der Waals surface area contributed by atoms with Gasteiger partial charge in [-0.15, -0.1) is 0 Å². The molecule has 9 nitrogen and oxygen atoms in total. The van der Waals surface area contributed by atoms with E-state index in [-0.39, 0.29) is 36.4 Å². The number of aromatic nitrogens is 1. The van der Waals surface area contributed by atoms with Crippen molar-refractivity contribution in [2.24, 2.45) is 10.7 Å². The monoisotopic (exact) mass is 448 g/mol. The molecular weight excluding hydrogens is 423 g/mol. The van der Waals surface area contributed by atoms with Crippen molar-refractivity contribution in [3.63, 3.8) is 0 Å². The minimum Gasteiger partial charge on any atom is -0.575 e. The van der Waals surface area contributed by atoms with Crippen LogP contribution in [-0.4, -0.2) is 32.3 Å². The molecule has 31 heavy (non-hydrogen) atoms. The van der Waals surface area contributed by atoms with Crippen LogP contribution >= 0.6 is 8.17 Å². The highest BCUT2D eigenvalue weighted by molar-refractivity contribution is 7.34. The Hall–Kier alpha value is -2.74. The van der Waals surface area contributed by atoms with E-state index >= 15 is 0 Å². The Kier molecular flexibility index (Phi) is 7.79. The quantitative estimate of drug-likeness (QED) is 0.497. The van der Waals surface area contributed by atoms with Crippen molar-refractivity contribution in [2.45, 2.75) is 51.9 Å². The number of carboxylic acids is 1. The maximum atomic E-state index is 12.5. The second-order valence-electron chi connectivity index (χ2n) is 7.36. The third kappa shape index (κ3) is 5.70. The van der Waals surface area contributed by atoms with Crippen LogP contribution in [0.3, 0.4) is 0 Å². The second-order valence-corrected chi connectivity index (χ2v) is 8.25. The van der Waals surface area contributed by atoms with Crippen LogP contribution < -0.4 is 14.2 Å². The number of aromatic hydroxyl groups is 1. The van der Waals surface area contributed by atoms with Gasteiger partial charge in [-0.25, -0.2) is 4.79 Å². The number of para-hydroxylation sites is 2.